The maximum Gasteiger partial charge on any atom is 0.149 e. The predicted octanol–water partition coefficient (Wildman–Crippen LogP) is 2.39. The van der Waals surface area contributed by atoms with E-state index in [1.165, 1.54) is 0 Å². The molecule has 0 fully saturated rings. The molecule has 0 unspecified atom stereocenters. The van der Waals surface area contributed by atoms with Crippen LogP contribution in [0.2, 0.25) is 5.02 Å². The molecule has 0 atom stereocenters. The standard InChI is InChI=1S/C9H9ClN4S/c10-6-1-8(11)9(12-2-6)13-3-7-4-15-5-14-7/h1-2,4-5H,3,11H2,(H,12,13). The van der Waals surface area contributed by atoms with E-state index >= 15 is 0 Å². The number of rotatable bonds is 3. The molecule has 0 bridgehead atoms. The van der Waals surface area contributed by atoms with E-state index in [1.54, 1.807) is 29.1 Å². The largest absolute Gasteiger partial charge is 0.396 e. The molecule has 0 saturated carbocycles. The summed E-state index contributed by atoms with van der Waals surface area (Å²) in [5.74, 6) is 0.632. The van der Waals surface area contributed by atoms with Gasteiger partial charge in [0.1, 0.15) is 5.82 Å². The lowest BCUT2D eigenvalue weighted by Gasteiger charge is -2.06. The first-order valence-corrected chi connectivity index (χ1v) is 5.60. The monoisotopic (exact) mass is 240 g/mol. The molecule has 0 saturated heterocycles. The van der Waals surface area contributed by atoms with E-state index in [-0.39, 0.29) is 0 Å². The van der Waals surface area contributed by atoms with Crippen molar-refractivity contribution in [3.8, 4) is 0 Å². The van der Waals surface area contributed by atoms with Crippen molar-refractivity contribution in [3.05, 3.63) is 33.9 Å². The van der Waals surface area contributed by atoms with Gasteiger partial charge in [-0.05, 0) is 6.07 Å². The van der Waals surface area contributed by atoms with Gasteiger partial charge < -0.3 is 11.1 Å². The first-order chi connectivity index (χ1) is 7.25. The molecule has 2 aromatic heterocycles. The minimum Gasteiger partial charge on any atom is -0.396 e. The zero-order valence-corrected chi connectivity index (χ0v) is 9.35. The zero-order valence-electron chi connectivity index (χ0n) is 7.77. The van der Waals surface area contributed by atoms with Gasteiger partial charge in [0.05, 0.1) is 28.5 Å². The second-order valence-electron chi connectivity index (χ2n) is 2.92. The number of nitrogens with one attached hydrogen (secondary N) is 1. The maximum atomic E-state index is 5.74. The van der Waals surface area contributed by atoms with Crippen LogP contribution in [0.25, 0.3) is 0 Å². The number of nitrogens with two attached hydrogens (primary N) is 1. The normalized spacial score (nSPS) is 10.2. The van der Waals surface area contributed by atoms with Crippen LogP contribution in [0.3, 0.4) is 0 Å². The highest BCUT2D eigenvalue weighted by molar-refractivity contribution is 7.07. The molecule has 3 N–H and O–H groups in total. The first kappa shape index (κ1) is 10.2. The Morgan fingerprint density at radius 1 is 1.47 bits per heavy atom. The van der Waals surface area contributed by atoms with Gasteiger partial charge in [0.25, 0.3) is 0 Å². The number of thiazole rings is 1. The van der Waals surface area contributed by atoms with Crippen molar-refractivity contribution in [2.24, 2.45) is 0 Å². The number of aromatic nitrogens is 2. The highest BCUT2D eigenvalue weighted by Crippen LogP contribution is 2.19. The van der Waals surface area contributed by atoms with Gasteiger partial charge in [-0.1, -0.05) is 11.6 Å². The Labute approximate surface area is 96.1 Å². The average Bonchev–Trinajstić information content (AvgIpc) is 2.69. The molecule has 0 aliphatic carbocycles. The van der Waals surface area contributed by atoms with E-state index < -0.39 is 0 Å². The molecular formula is C9H9ClN4S. The van der Waals surface area contributed by atoms with E-state index in [2.05, 4.69) is 15.3 Å². The molecule has 0 aliphatic heterocycles. The summed E-state index contributed by atoms with van der Waals surface area (Å²) in [4.78, 5) is 8.22. The molecule has 0 spiro atoms. The van der Waals surface area contributed by atoms with Crippen LogP contribution in [0.4, 0.5) is 11.5 Å². The molecule has 0 radical (unpaired) electrons. The molecular weight excluding hydrogens is 232 g/mol. The molecule has 4 nitrogen and oxygen atoms in total. The molecule has 6 heteroatoms. The Morgan fingerprint density at radius 2 is 2.33 bits per heavy atom. The van der Waals surface area contributed by atoms with E-state index in [9.17, 15) is 0 Å². The van der Waals surface area contributed by atoms with Gasteiger partial charge >= 0.3 is 0 Å². The molecule has 15 heavy (non-hydrogen) atoms. The van der Waals surface area contributed by atoms with Crippen molar-refractivity contribution in [2.45, 2.75) is 6.54 Å². The third-order valence-electron chi connectivity index (χ3n) is 1.80. The fraction of sp³-hybridized carbons (Fsp3) is 0.111. The predicted molar refractivity (Wildman–Crippen MR) is 63.1 cm³/mol. The number of nitrogens with zero attached hydrogens (tertiary/aromatic N) is 2. The van der Waals surface area contributed by atoms with Crippen molar-refractivity contribution in [1.82, 2.24) is 9.97 Å². The molecule has 2 aromatic rings. The van der Waals surface area contributed by atoms with Crippen molar-refractivity contribution in [2.75, 3.05) is 11.1 Å². The lowest BCUT2D eigenvalue weighted by molar-refractivity contribution is 1.05. The van der Waals surface area contributed by atoms with E-state index in [0.29, 0.717) is 23.1 Å². The molecule has 0 amide bonds. The summed E-state index contributed by atoms with van der Waals surface area (Å²) >= 11 is 7.29. The highest BCUT2D eigenvalue weighted by Gasteiger charge is 2.01. The fourth-order valence-electron chi connectivity index (χ4n) is 1.10. The van der Waals surface area contributed by atoms with Crippen molar-refractivity contribution >= 4 is 34.4 Å². The number of anilines is 2. The summed E-state index contributed by atoms with van der Waals surface area (Å²) in [6.07, 6.45) is 1.56. The van der Waals surface area contributed by atoms with E-state index in [1.807, 2.05) is 5.38 Å². The summed E-state index contributed by atoms with van der Waals surface area (Å²) < 4.78 is 0. The molecule has 2 rings (SSSR count). The van der Waals surface area contributed by atoms with Gasteiger partial charge in [-0.2, -0.15) is 0 Å². The van der Waals surface area contributed by atoms with Crippen LogP contribution in [0.15, 0.2) is 23.2 Å². The van der Waals surface area contributed by atoms with Crippen LogP contribution >= 0.6 is 22.9 Å². The van der Waals surface area contributed by atoms with E-state index in [4.69, 9.17) is 17.3 Å². The number of hydrogen-bond acceptors (Lipinski definition) is 5. The van der Waals surface area contributed by atoms with Gasteiger partial charge in [-0.25, -0.2) is 9.97 Å². The van der Waals surface area contributed by atoms with E-state index in [0.717, 1.165) is 5.69 Å². The summed E-state index contributed by atoms with van der Waals surface area (Å²) in [5, 5.41) is 5.60. The number of nitrogen functional groups attached to an aromatic ring is 1. The Hall–Kier alpha value is -1.33. The van der Waals surface area contributed by atoms with Crippen LogP contribution < -0.4 is 11.1 Å². The SMILES string of the molecule is Nc1cc(Cl)cnc1NCc1cscn1. The second-order valence-corrected chi connectivity index (χ2v) is 4.08. The Bertz CT molecular complexity index is 443. The van der Waals surface area contributed by atoms with Gasteiger partial charge in [0.2, 0.25) is 0 Å². The second kappa shape index (κ2) is 4.46. The third kappa shape index (κ3) is 2.57. The van der Waals surface area contributed by atoms with Crippen molar-refractivity contribution < 1.29 is 0 Å². The van der Waals surface area contributed by atoms with Gasteiger partial charge in [-0.3, -0.25) is 0 Å². The number of hydrogen-bond donors (Lipinski definition) is 2. The lowest BCUT2D eigenvalue weighted by Crippen LogP contribution is -2.04. The minimum atomic E-state index is 0.534. The smallest absolute Gasteiger partial charge is 0.149 e. The molecule has 2 heterocycles. The van der Waals surface area contributed by atoms with Crippen molar-refractivity contribution in [3.63, 3.8) is 0 Å². The van der Waals surface area contributed by atoms with Crippen LogP contribution in [0, 0.1) is 0 Å². The quantitative estimate of drug-likeness (QED) is 0.865. The number of halogens is 1. The van der Waals surface area contributed by atoms with Crippen LogP contribution in [-0.2, 0) is 6.54 Å². The minimum absolute atomic E-state index is 0.534. The summed E-state index contributed by atoms with van der Waals surface area (Å²) in [6, 6.07) is 1.66. The summed E-state index contributed by atoms with van der Waals surface area (Å²) in [5.41, 5.74) is 9.03. The highest BCUT2D eigenvalue weighted by atomic mass is 35.5. The van der Waals surface area contributed by atoms with Crippen molar-refractivity contribution in [1.29, 1.82) is 0 Å². The van der Waals surface area contributed by atoms with Gasteiger partial charge in [0, 0.05) is 11.6 Å². The molecule has 0 aliphatic rings. The number of pyridine rings is 1. The van der Waals surface area contributed by atoms with Gasteiger partial charge in [-0.15, -0.1) is 11.3 Å². The zero-order chi connectivity index (χ0) is 10.7. The van der Waals surface area contributed by atoms with Crippen LogP contribution in [0.1, 0.15) is 5.69 Å². The Kier molecular flexibility index (Phi) is 3.03. The molecule has 0 aromatic carbocycles. The summed E-state index contributed by atoms with van der Waals surface area (Å²) in [7, 11) is 0. The van der Waals surface area contributed by atoms with Crippen LogP contribution in [-0.4, -0.2) is 9.97 Å². The lowest BCUT2D eigenvalue weighted by atomic mass is 10.4. The van der Waals surface area contributed by atoms with Gasteiger partial charge in [0.15, 0.2) is 0 Å². The van der Waals surface area contributed by atoms with Crippen LogP contribution in [0.5, 0.6) is 0 Å². The Balaban J connectivity index is 2.05. The maximum absolute atomic E-state index is 5.74. The topological polar surface area (TPSA) is 63.8 Å². The molecule has 78 valence electrons. The Morgan fingerprint density at radius 3 is 3.00 bits per heavy atom. The average molecular weight is 241 g/mol. The first-order valence-electron chi connectivity index (χ1n) is 4.27. The third-order valence-corrected chi connectivity index (χ3v) is 2.65. The summed E-state index contributed by atoms with van der Waals surface area (Å²) in [6.45, 7) is 0.613. The fourth-order valence-corrected chi connectivity index (χ4v) is 1.83.